The topological polar surface area (TPSA) is 33.6 Å². The summed E-state index contributed by atoms with van der Waals surface area (Å²) in [6.07, 6.45) is 1.77. The average molecular weight is 480 g/mol. The Kier molecular flexibility index (Phi) is 6.67. The van der Waals surface area contributed by atoms with Crippen molar-refractivity contribution < 1.29 is 4.74 Å². The number of rotatable bonds is 7. The third-order valence-electron chi connectivity index (χ3n) is 4.75. The van der Waals surface area contributed by atoms with Crippen molar-refractivity contribution in [3.8, 4) is 5.75 Å². The van der Waals surface area contributed by atoms with E-state index in [9.17, 15) is 0 Å². The fourth-order valence-electron chi connectivity index (χ4n) is 3.18. The summed E-state index contributed by atoms with van der Waals surface area (Å²) in [7, 11) is 0. The maximum absolute atomic E-state index is 6.15. The summed E-state index contributed by atoms with van der Waals surface area (Å²) in [5, 5.41) is 7.44. The predicted octanol–water partition coefficient (Wildman–Crippen LogP) is 6.96. The fraction of sp³-hybridized carbons (Fsp3) is 0.0800. The molecule has 5 heteroatoms. The molecule has 0 unspecified atom stereocenters. The summed E-state index contributed by atoms with van der Waals surface area (Å²) >= 11 is 9.75. The van der Waals surface area contributed by atoms with Crippen molar-refractivity contribution in [3.05, 3.63) is 111 Å². The highest BCUT2D eigenvalue weighted by atomic mass is 79.9. The number of nitrogens with zero attached hydrogens (tertiary/aromatic N) is 1. The number of ether oxygens (including phenoxy) is 1. The summed E-state index contributed by atoms with van der Waals surface area (Å²) < 4.78 is 6.95. The number of hydrogen-bond acceptors (Lipinski definition) is 3. The van der Waals surface area contributed by atoms with Gasteiger partial charge in [-0.05, 0) is 67.7 Å². The van der Waals surface area contributed by atoms with E-state index in [1.807, 2.05) is 48.5 Å². The highest BCUT2D eigenvalue weighted by Gasteiger charge is 2.05. The molecule has 0 aliphatic heterocycles. The minimum absolute atomic E-state index is 0.507. The Labute approximate surface area is 189 Å². The van der Waals surface area contributed by atoms with Crippen LogP contribution in [-0.4, -0.2) is 6.21 Å². The molecule has 4 aromatic rings. The van der Waals surface area contributed by atoms with Gasteiger partial charge in [-0.25, -0.2) is 0 Å². The molecule has 0 saturated carbocycles. The van der Waals surface area contributed by atoms with Gasteiger partial charge in [0.05, 0.1) is 17.2 Å². The average Bonchev–Trinajstić information content (AvgIpc) is 2.77. The SMILES string of the molecule is Clc1ccccc1CN/N=C\c1ccc(OCc2cccc3ccccc23)c(Br)c1. The second kappa shape index (κ2) is 9.79. The lowest BCUT2D eigenvalue weighted by Crippen LogP contribution is -2.06. The summed E-state index contributed by atoms with van der Waals surface area (Å²) in [6.45, 7) is 1.08. The smallest absolute Gasteiger partial charge is 0.134 e. The van der Waals surface area contributed by atoms with E-state index in [1.54, 1.807) is 6.21 Å². The van der Waals surface area contributed by atoms with Crippen LogP contribution in [0.25, 0.3) is 10.8 Å². The lowest BCUT2D eigenvalue weighted by atomic mass is 10.1. The Bertz CT molecular complexity index is 1190. The molecule has 30 heavy (non-hydrogen) atoms. The third kappa shape index (κ3) is 5.02. The van der Waals surface area contributed by atoms with E-state index in [0.717, 1.165) is 31.9 Å². The molecule has 0 aliphatic rings. The van der Waals surface area contributed by atoms with Crippen molar-refractivity contribution in [3.63, 3.8) is 0 Å². The fourth-order valence-corrected chi connectivity index (χ4v) is 3.89. The number of nitrogens with one attached hydrogen (secondary N) is 1. The van der Waals surface area contributed by atoms with E-state index in [-0.39, 0.29) is 0 Å². The summed E-state index contributed by atoms with van der Waals surface area (Å²) in [5.74, 6) is 0.795. The van der Waals surface area contributed by atoms with Crippen LogP contribution in [0.3, 0.4) is 0 Å². The number of hydrogen-bond donors (Lipinski definition) is 1. The summed E-state index contributed by atoms with van der Waals surface area (Å²) in [5.41, 5.74) is 6.16. The number of benzene rings is 4. The maximum atomic E-state index is 6.15. The first-order chi connectivity index (χ1) is 14.7. The van der Waals surface area contributed by atoms with Gasteiger partial charge in [-0.2, -0.15) is 5.10 Å². The Hall–Kier alpha value is -2.82. The normalized spacial score (nSPS) is 11.1. The van der Waals surface area contributed by atoms with Gasteiger partial charge >= 0.3 is 0 Å². The number of fused-ring (bicyclic) bond motifs is 1. The Morgan fingerprint density at radius 1 is 0.900 bits per heavy atom. The molecule has 0 radical (unpaired) electrons. The predicted molar refractivity (Wildman–Crippen MR) is 128 cm³/mol. The largest absolute Gasteiger partial charge is 0.488 e. The Morgan fingerprint density at radius 2 is 1.67 bits per heavy atom. The highest BCUT2D eigenvalue weighted by molar-refractivity contribution is 9.10. The molecule has 0 spiro atoms. The second-order valence-corrected chi connectivity index (χ2v) is 8.06. The minimum Gasteiger partial charge on any atom is -0.488 e. The van der Waals surface area contributed by atoms with Crippen molar-refractivity contribution in [2.45, 2.75) is 13.2 Å². The van der Waals surface area contributed by atoms with Crippen molar-refractivity contribution in [1.82, 2.24) is 5.43 Å². The van der Waals surface area contributed by atoms with E-state index in [2.05, 4.69) is 62.9 Å². The van der Waals surface area contributed by atoms with Crippen molar-refractivity contribution in [2.75, 3.05) is 0 Å². The monoisotopic (exact) mass is 478 g/mol. The van der Waals surface area contributed by atoms with Gasteiger partial charge in [0, 0.05) is 5.02 Å². The molecule has 4 aromatic carbocycles. The highest BCUT2D eigenvalue weighted by Crippen LogP contribution is 2.27. The molecular weight excluding hydrogens is 460 g/mol. The Balaban J connectivity index is 1.37. The molecule has 0 amide bonds. The zero-order valence-corrected chi connectivity index (χ0v) is 18.5. The molecule has 1 N–H and O–H groups in total. The van der Waals surface area contributed by atoms with Crippen LogP contribution in [0.2, 0.25) is 5.02 Å². The second-order valence-electron chi connectivity index (χ2n) is 6.80. The lowest BCUT2D eigenvalue weighted by molar-refractivity contribution is 0.305. The first kappa shape index (κ1) is 20.5. The van der Waals surface area contributed by atoms with Gasteiger partial charge < -0.3 is 10.2 Å². The van der Waals surface area contributed by atoms with Crippen LogP contribution in [0.1, 0.15) is 16.7 Å². The summed E-state index contributed by atoms with van der Waals surface area (Å²) in [6, 6.07) is 28.2. The quantitative estimate of drug-likeness (QED) is 0.230. The molecular formula is C25H20BrClN2O. The van der Waals surface area contributed by atoms with Crippen LogP contribution < -0.4 is 10.2 Å². The molecule has 0 bridgehead atoms. The van der Waals surface area contributed by atoms with Crippen LogP contribution >= 0.6 is 27.5 Å². The van der Waals surface area contributed by atoms with Crippen LogP contribution in [0.5, 0.6) is 5.75 Å². The molecule has 150 valence electrons. The minimum atomic E-state index is 0.507. The van der Waals surface area contributed by atoms with Gasteiger partial charge in [0.15, 0.2) is 0 Å². The maximum Gasteiger partial charge on any atom is 0.134 e. The molecule has 0 fully saturated rings. The van der Waals surface area contributed by atoms with Gasteiger partial charge in [0.25, 0.3) is 0 Å². The molecule has 0 aromatic heterocycles. The standard InChI is InChI=1S/C25H20BrClN2O/c26-23-14-18(15-28-29-16-20-7-2-4-11-24(20)27)12-13-25(23)30-17-21-9-5-8-19-6-1-3-10-22(19)21/h1-15,29H,16-17H2/b28-15-. The van der Waals surface area contributed by atoms with E-state index >= 15 is 0 Å². The first-order valence-electron chi connectivity index (χ1n) is 9.59. The summed E-state index contributed by atoms with van der Waals surface area (Å²) in [4.78, 5) is 0. The van der Waals surface area contributed by atoms with Crippen LogP contribution in [0, 0.1) is 0 Å². The first-order valence-corrected chi connectivity index (χ1v) is 10.8. The molecule has 0 aliphatic carbocycles. The van der Waals surface area contributed by atoms with Gasteiger partial charge in [0.2, 0.25) is 0 Å². The van der Waals surface area contributed by atoms with Crippen LogP contribution in [0.15, 0.2) is 94.5 Å². The Morgan fingerprint density at radius 3 is 2.53 bits per heavy atom. The van der Waals surface area contributed by atoms with Crippen molar-refractivity contribution in [2.24, 2.45) is 5.10 Å². The lowest BCUT2D eigenvalue weighted by Gasteiger charge is -2.11. The van der Waals surface area contributed by atoms with Gasteiger partial charge in [-0.15, -0.1) is 0 Å². The van der Waals surface area contributed by atoms with Gasteiger partial charge in [-0.1, -0.05) is 72.3 Å². The number of hydrazone groups is 1. The molecule has 0 atom stereocenters. The van der Waals surface area contributed by atoms with Gasteiger partial charge in [0.1, 0.15) is 12.4 Å². The van der Waals surface area contributed by atoms with Crippen LogP contribution in [-0.2, 0) is 13.2 Å². The van der Waals surface area contributed by atoms with E-state index in [1.165, 1.54) is 10.8 Å². The molecule has 0 saturated heterocycles. The van der Waals surface area contributed by atoms with E-state index in [4.69, 9.17) is 16.3 Å². The zero-order chi connectivity index (χ0) is 20.8. The van der Waals surface area contributed by atoms with E-state index < -0.39 is 0 Å². The van der Waals surface area contributed by atoms with Crippen LogP contribution in [0.4, 0.5) is 0 Å². The third-order valence-corrected chi connectivity index (χ3v) is 5.74. The molecule has 0 heterocycles. The number of halogens is 2. The van der Waals surface area contributed by atoms with Crippen molar-refractivity contribution in [1.29, 1.82) is 0 Å². The van der Waals surface area contributed by atoms with Gasteiger partial charge in [-0.3, -0.25) is 0 Å². The van der Waals surface area contributed by atoms with E-state index in [0.29, 0.717) is 13.2 Å². The van der Waals surface area contributed by atoms with Crippen molar-refractivity contribution >= 4 is 44.5 Å². The molecule has 3 nitrogen and oxygen atoms in total. The zero-order valence-electron chi connectivity index (χ0n) is 16.2. The molecule has 4 rings (SSSR count).